The number of ether oxygens (including phenoxy) is 1. The van der Waals surface area contributed by atoms with Gasteiger partial charge in [0.2, 0.25) is 0 Å². The summed E-state index contributed by atoms with van der Waals surface area (Å²) in [5.41, 5.74) is 6.28. The molecule has 1 N–H and O–H groups in total. The normalized spacial score (nSPS) is 13.8. The standard InChI is InChI=1S/C26H23N7O/c1-6-22(32-11-13-34-14-12-32)7-2-19(1)20-3-10-25-24(15-20)26(29-17-28-25)31-21-4-8-23(9-5-21)33-18-27-16-30-33/h1-10,15-18H,11-14H2,(H,28,29,31). The Hall–Kier alpha value is -4.30. The third kappa shape index (κ3) is 4.06. The van der Waals surface area contributed by atoms with Gasteiger partial charge in [-0.3, -0.25) is 0 Å². The summed E-state index contributed by atoms with van der Waals surface area (Å²) in [5.74, 6) is 0.769. The van der Waals surface area contributed by atoms with Gasteiger partial charge in [0, 0.05) is 29.9 Å². The number of nitrogens with zero attached hydrogens (tertiary/aromatic N) is 6. The van der Waals surface area contributed by atoms with Crippen molar-refractivity contribution in [2.24, 2.45) is 0 Å². The largest absolute Gasteiger partial charge is 0.378 e. The zero-order valence-electron chi connectivity index (χ0n) is 18.5. The summed E-state index contributed by atoms with van der Waals surface area (Å²) in [7, 11) is 0. The van der Waals surface area contributed by atoms with Crippen molar-refractivity contribution in [3.63, 3.8) is 0 Å². The minimum Gasteiger partial charge on any atom is -0.378 e. The Morgan fingerprint density at radius 3 is 2.29 bits per heavy atom. The molecule has 1 aliphatic rings. The Bertz CT molecular complexity index is 1390. The molecule has 0 spiro atoms. The molecule has 0 amide bonds. The van der Waals surface area contributed by atoms with Gasteiger partial charge in [-0.1, -0.05) is 18.2 Å². The molecule has 34 heavy (non-hydrogen) atoms. The summed E-state index contributed by atoms with van der Waals surface area (Å²) in [5, 5.41) is 8.57. The van der Waals surface area contributed by atoms with Crippen LogP contribution in [0, 0.1) is 0 Å². The lowest BCUT2D eigenvalue weighted by Crippen LogP contribution is -2.36. The highest BCUT2D eigenvalue weighted by molar-refractivity contribution is 5.94. The highest BCUT2D eigenvalue weighted by Crippen LogP contribution is 2.30. The fourth-order valence-corrected chi connectivity index (χ4v) is 4.20. The van der Waals surface area contributed by atoms with Crippen LogP contribution in [0.15, 0.2) is 85.7 Å². The number of morpholine rings is 1. The molecule has 6 rings (SSSR count). The monoisotopic (exact) mass is 449 g/mol. The molecule has 5 aromatic rings. The quantitative estimate of drug-likeness (QED) is 0.424. The van der Waals surface area contributed by atoms with Crippen molar-refractivity contribution in [2.45, 2.75) is 0 Å². The number of nitrogens with one attached hydrogen (secondary N) is 1. The number of aromatic nitrogens is 5. The molecule has 1 fully saturated rings. The zero-order valence-corrected chi connectivity index (χ0v) is 18.5. The molecule has 168 valence electrons. The first-order valence-electron chi connectivity index (χ1n) is 11.2. The van der Waals surface area contributed by atoms with Crippen LogP contribution < -0.4 is 10.2 Å². The van der Waals surface area contributed by atoms with Crippen molar-refractivity contribution in [1.29, 1.82) is 0 Å². The fourth-order valence-electron chi connectivity index (χ4n) is 4.20. The van der Waals surface area contributed by atoms with E-state index in [4.69, 9.17) is 4.74 Å². The van der Waals surface area contributed by atoms with Gasteiger partial charge in [-0.05, 0) is 59.7 Å². The lowest BCUT2D eigenvalue weighted by Gasteiger charge is -2.28. The first-order chi connectivity index (χ1) is 16.8. The molecule has 3 aromatic carbocycles. The Balaban J connectivity index is 1.27. The minimum absolute atomic E-state index is 0.769. The van der Waals surface area contributed by atoms with E-state index in [2.05, 4.69) is 66.7 Å². The summed E-state index contributed by atoms with van der Waals surface area (Å²) in [6.45, 7) is 3.43. The third-order valence-electron chi connectivity index (χ3n) is 6.03. The van der Waals surface area contributed by atoms with Gasteiger partial charge >= 0.3 is 0 Å². The molecule has 0 saturated carbocycles. The van der Waals surface area contributed by atoms with Crippen molar-refractivity contribution >= 4 is 28.1 Å². The van der Waals surface area contributed by atoms with Crippen molar-refractivity contribution in [2.75, 3.05) is 36.5 Å². The van der Waals surface area contributed by atoms with Crippen LogP contribution in [-0.4, -0.2) is 51.0 Å². The molecule has 3 heterocycles. The van der Waals surface area contributed by atoms with Crippen LogP contribution in [0.3, 0.4) is 0 Å². The first kappa shape index (κ1) is 20.3. The van der Waals surface area contributed by atoms with Crippen molar-refractivity contribution < 1.29 is 4.74 Å². The van der Waals surface area contributed by atoms with Crippen molar-refractivity contribution in [1.82, 2.24) is 24.7 Å². The molecule has 0 aliphatic carbocycles. The van der Waals surface area contributed by atoms with Crippen LogP contribution in [0.1, 0.15) is 0 Å². The Morgan fingerprint density at radius 2 is 1.53 bits per heavy atom. The molecule has 8 nitrogen and oxygen atoms in total. The smallest absolute Gasteiger partial charge is 0.141 e. The summed E-state index contributed by atoms with van der Waals surface area (Å²) in [6, 6.07) is 23.0. The average Bonchev–Trinajstić information content (AvgIpc) is 3.45. The molecule has 8 heteroatoms. The Labute approximate surface area is 196 Å². The van der Waals surface area contributed by atoms with E-state index in [9.17, 15) is 0 Å². The van der Waals surface area contributed by atoms with Crippen LogP contribution >= 0.6 is 0 Å². The van der Waals surface area contributed by atoms with Crippen molar-refractivity contribution in [3.8, 4) is 16.8 Å². The Morgan fingerprint density at radius 1 is 0.765 bits per heavy atom. The molecular formula is C26H23N7O. The van der Waals surface area contributed by atoms with Gasteiger partial charge in [0.25, 0.3) is 0 Å². The number of benzene rings is 3. The van der Waals surface area contributed by atoms with E-state index in [-0.39, 0.29) is 0 Å². The lowest BCUT2D eigenvalue weighted by atomic mass is 10.0. The predicted molar refractivity (Wildman–Crippen MR) is 133 cm³/mol. The number of hydrogen-bond donors (Lipinski definition) is 1. The molecule has 1 saturated heterocycles. The maximum Gasteiger partial charge on any atom is 0.141 e. The SMILES string of the molecule is c1nc(Nc2ccc(-n3cncn3)cc2)c2cc(-c3ccc(N4CCOCC4)cc3)ccc2n1. The van der Waals surface area contributed by atoms with Gasteiger partial charge in [0.15, 0.2) is 0 Å². The summed E-state index contributed by atoms with van der Waals surface area (Å²) in [6.07, 6.45) is 4.79. The van der Waals surface area contributed by atoms with Crippen LogP contribution in [0.5, 0.6) is 0 Å². The molecular weight excluding hydrogens is 426 g/mol. The number of rotatable bonds is 5. The first-order valence-corrected chi connectivity index (χ1v) is 11.2. The second kappa shape index (κ2) is 8.92. The molecule has 2 aromatic heterocycles. The van der Waals surface area contributed by atoms with E-state index < -0.39 is 0 Å². The maximum absolute atomic E-state index is 5.47. The van der Waals surface area contributed by atoms with E-state index in [0.29, 0.717) is 0 Å². The summed E-state index contributed by atoms with van der Waals surface area (Å²) in [4.78, 5) is 15.3. The summed E-state index contributed by atoms with van der Waals surface area (Å²) < 4.78 is 7.19. The summed E-state index contributed by atoms with van der Waals surface area (Å²) >= 11 is 0. The van der Waals surface area contributed by atoms with E-state index >= 15 is 0 Å². The van der Waals surface area contributed by atoms with E-state index in [1.807, 2.05) is 30.3 Å². The molecule has 1 aliphatic heterocycles. The second-order valence-electron chi connectivity index (χ2n) is 8.11. The van der Waals surface area contributed by atoms with Gasteiger partial charge < -0.3 is 15.0 Å². The van der Waals surface area contributed by atoms with Gasteiger partial charge in [-0.15, -0.1) is 0 Å². The van der Waals surface area contributed by atoms with E-state index in [1.165, 1.54) is 12.0 Å². The van der Waals surface area contributed by atoms with Gasteiger partial charge in [0.05, 0.1) is 24.4 Å². The molecule has 0 atom stereocenters. The van der Waals surface area contributed by atoms with Gasteiger partial charge in [0.1, 0.15) is 24.8 Å². The van der Waals surface area contributed by atoms with Crippen LogP contribution in [-0.2, 0) is 4.74 Å². The predicted octanol–water partition coefficient (Wildman–Crippen LogP) is 4.46. The zero-order chi connectivity index (χ0) is 22.7. The molecule has 0 radical (unpaired) electrons. The highest BCUT2D eigenvalue weighted by Gasteiger charge is 2.12. The average molecular weight is 450 g/mol. The van der Waals surface area contributed by atoms with Crippen LogP contribution in [0.25, 0.3) is 27.7 Å². The Kier molecular flexibility index (Phi) is 5.33. The number of fused-ring (bicyclic) bond motifs is 1. The lowest BCUT2D eigenvalue weighted by molar-refractivity contribution is 0.122. The number of hydrogen-bond acceptors (Lipinski definition) is 7. The minimum atomic E-state index is 0.769. The van der Waals surface area contributed by atoms with Gasteiger partial charge in [-0.25, -0.2) is 19.6 Å². The van der Waals surface area contributed by atoms with Crippen molar-refractivity contribution in [3.05, 3.63) is 85.7 Å². The van der Waals surface area contributed by atoms with Gasteiger partial charge in [-0.2, -0.15) is 5.10 Å². The molecule has 0 bridgehead atoms. The van der Waals surface area contributed by atoms with E-state index in [0.717, 1.165) is 65.5 Å². The highest BCUT2D eigenvalue weighted by atomic mass is 16.5. The second-order valence-corrected chi connectivity index (χ2v) is 8.11. The topological polar surface area (TPSA) is 81.0 Å². The fraction of sp³-hybridized carbons (Fsp3) is 0.154. The third-order valence-corrected chi connectivity index (χ3v) is 6.03. The molecule has 0 unspecified atom stereocenters. The number of anilines is 3. The van der Waals surface area contributed by atoms with E-state index in [1.54, 1.807) is 17.3 Å². The maximum atomic E-state index is 5.47. The van der Waals surface area contributed by atoms with Crippen LogP contribution in [0.4, 0.5) is 17.2 Å². The van der Waals surface area contributed by atoms with Crippen LogP contribution in [0.2, 0.25) is 0 Å².